The van der Waals surface area contributed by atoms with E-state index in [-0.39, 0.29) is 32.1 Å². The van der Waals surface area contributed by atoms with Gasteiger partial charge in [-0.3, -0.25) is 9.59 Å². The molecule has 1 N–H and O–H groups in total. The Morgan fingerprint density at radius 1 is 1.09 bits per heavy atom. The summed E-state index contributed by atoms with van der Waals surface area (Å²) < 4.78 is 25.5. The van der Waals surface area contributed by atoms with E-state index in [0.29, 0.717) is 0 Å². The van der Waals surface area contributed by atoms with Crippen molar-refractivity contribution in [1.82, 2.24) is 14.5 Å². The Balaban J connectivity index is 1.86. The maximum absolute atomic E-state index is 13.3. The van der Waals surface area contributed by atoms with Gasteiger partial charge in [-0.2, -0.15) is 4.31 Å². The van der Waals surface area contributed by atoms with Crippen LogP contribution in [0.15, 0.2) is 53.4 Å². The number of rotatable bonds is 7. The van der Waals surface area contributed by atoms with E-state index in [0.717, 1.165) is 32.1 Å². The minimum atomic E-state index is -3.64. The predicted octanol–water partition coefficient (Wildman–Crippen LogP) is 2.40. The molecule has 1 heterocycles. The van der Waals surface area contributed by atoms with Crippen LogP contribution in [0.25, 0.3) is 0 Å². The van der Waals surface area contributed by atoms with Crippen molar-refractivity contribution in [2.75, 3.05) is 25.6 Å². The summed E-state index contributed by atoms with van der Waals surface area (Å²) in [5.41, 5.74) is 1.57. The van der Waals surface area contributed by atoms with Gasteiger partial charge in [-0.1, -0.05) is 42.0 Å². The third-order valence-electron chi connectivity index (χ3n) is 5.72. The summed E-state index contributed by atoms with van der Waals surface area (Å²) in [4.78, 5) is 29.0. The first-order valence-electron chi connectivity index (χ1n) is 10.3. The van der Waals surface area contributed by atoms with Gasteiger partial charge in [0.15, 0.2) is 0 Å². The summed E-state index contributed by atoms with van der Waals surface area (Å²) in [5.74, 6) is -0.788. The highest BCUT2D eigenvalue weighted by molar-refractivity contribution is 7.98. The number of nitrogens with zero attached hydrogens (tertiary/aromatic N) is 2. The van der Waals surface area contributed by atoms with Crippen molar-refractivity contribution in [2.45, 2.75) is 37.4 Å². The molecule has 0 bridgehead atoms. The van der Waals surface area contributed by atoms with Crippen molar-refractivity contribution in [3.63, 3.8) is 0 Å². The third kappa shape index (κ3) is 5.51. The number of amides is 2. The minimum absolute atomic E-state index is 0.0970. The number of carbonyl (C=O) groups excluding carboxylic acids is 2. The van der Waals surface area contributed by atoms with Crippen molar-refractivity contribution in [1.29, 1.82) is 0 Å². The second kappa shape index (κ2) is 9.64. The Morgan fingerprint density at radius 2 is 1.69 bits per heavy atom. The molecule has 0 aromatic heterocycles. The summed E-state index contributed by atoms with van der Waals surface area (Å²) in [5, 5.41) is 2.90. The van der Waals surface area contributed by atoms with Crippen molar-refractivity contribution >= 4 is 33.6 Å². The van der Waals surface area contributed by atoms with E-state index >= 15 is 0 Å². The molecule has 2 amide bonds. The molecule has 2 aromatic carbocycles. The normalized spacial score (nSPS) is 19.8. The molecule has 0 spiro atoms. The number of aryl methyl sites for hydroxylation is 1. The molecule has 2 aromatic rings. The molecule has 1 aliphatic heterocycles. The molecular formula is C23H29N3O4S2. The zero-order chi connectivity index (χ0) is 23.5. The molecular weight excluding hydrogens is 446 g/mol. The first-order chi connectivity index (χ1) is 15.0. The van der Waals surface area contributed by atoms with E-state index in [4.69, 9.17) is 0 Å². The molecule has 1 aliphatic rings. The molecule has 172 valence electrons. The van der Waals surface area contributed by atoms with Crippen molar-refractivity contribution in [3.8, 4) is 0 Å². The van der Waals surface area contributed by atoms with Gasteiger partial charge in [0.05, 0.1) is 12.8 Å². The van der Waals surface area contributed by atoms with Crippen LogP contribution in [0.1, 0.15) is 23.6 Å². The van der Waals surface area contributed by atoms with Crippen LogP contribution >= 0.6 is 11.8 Å². The molecule has 0 saturated carbocycles. The highest BCUT2D eigenvalue weighted by atomic mass is 32.2. The minimum Gasteiger partial charge on any atom is -0.350 e. The number of benzene rings is 2. The molecule has 1 saturated heterocycles. The zero-order valence-electron chi connectivity index (χ0n) is 18.8. The van der Waals surface area contributed by atoms with Crippen LogP contribution in [-0.4, -0.2) is 60.6 Å². The van der Waals surface area contributed by atoms with Crippen LogP contribution in [0.4, 0.5) is 0 Å². The fourth-order valence-corrected chi connectivity index (χ4v) is 4.92. The second-order valence-electron chi connectivity index (χ2n) is 8.30. The topological polar surface area (TPSA) is 86.8 Å². The van der Waals surface area contributed by atoms with Crippen LogP contribution in [0.2, 0.25) is 0 Å². The van der Waals surface area contributed by atoms with Crippen LogP contribution in [0.3, 0.4) is 0 Å². The first-order valence-corrected chi connectivity index (χ1v) is 13.3. The maximum Gasteiger partial charge on any atom is 0.247 e. The van der Waals surface area contributed by atoms with Gasteiger partial charge in [0, 0.05) is 24.5 Å². The van der Waals surface area contributed by atoms with Gasteiger partial charge >= 0.3 is 0 Å². The van der Waals surface area contributed by atoms with Gasteiger partial charge in [0.25, 0.3) is 0 Å². The van der Waals surface area contributed by atoms with Crippen molar-refractivity contribution < 1.29 is 18.0 Å². The van der Waals surface area contributed by atoms with E-state index in [1.54, 1.807) is 18.7 Å². The highest BCUT2D eigenvalue weighted by Gasteiger charge is 2.49. The van der Waals surface area contributed by atoms with E-state index in [1.807, 2.05) is 61.7 Å². The van der Waals surface area contributed by atoms with Gasteiger partial charge < -0.3 is 10.2 Å². The van der Waals surface area contributed by atoms with Crippen molar-refractivity contribution in [2.24, 2.45) is 0 Å². The van der Waals surface area contributed by atoms with Crippen LogP contribution in [0, 0.1) is 6.92 Å². The summed E-state index contributed by atoms with van der Waals surface area (Å²) >= 11 is 1.62. The van der Waals surface area contributed by atoms with Gasteiger partial charge in [-0.05, 0) is 43.4 Å². The molecule has 9 heteroatoms. The summed E-state index contributed by atoms with van der Waals surface area (Å²) in [6, 6.07) is 15.6. The lowest BCUT2D eigenvalue weighted by Gasteiger charge is -2.46. The van der Waals surface area contributed by atoms with E-state index in [1.165, 1.54) is 4.90 Å². The monoisotopic (exact) mass is 475 g/mol. The van der Waals surface area contributed by atoms with Crippen molar-refractivity contribution in [3.05, 3.63) is 65.2 Å². The number of piperazine rings is 1. The van der Waals surface area contributed by atoms with Gasteiger partial charge in [0.2, 0.25) is 21.8 Å². The van der Waals surface area contributed by atoms with Crippen LogP contribution in [-0.2, 0) is 32.7 Å². The lowest BCUT2D eigenvalue weighted by Crippen LogP contribution is -2.69. The Labute approximate surface area is 194 Å². The number of sulfonamides is 1. The van der Waals surface area contributed by atoms with E-state index in [9.17, 15) is 18.0 Å². The first kappa shape index (κ1) is 24.3. The Hall–Kier alpha value is -2.36. The lowest BCUT2D eigenvalue weighted by atomic mass is 9.94. The van der Waals surface area contributed by atoms with E-state index < -0.39 is 21.5 Å². The molecule has 0 unspecified atom stereocenters. The summed E-state index contributed by atoms with van der Waals surface area (Å²) in [7, 11) is -3.64. The fraction of sp³-hybridized carbons (Fsp3) is 0.391. The van der Waals surface area contributed by atoms with Gasteiger partial charge in [-0.15, -0.1) is 11.8 Å². The van der Waals surface area contributed by atoms with Gasteiger partial charge in [0.1, 0.15) is 5.54 Å². The molecule has 0 aliphatic carbocycles. The smallest absolute Gasteiger partial charge is 0.247 e. The Bertz CT molecular complexity index is 1090. The Kier molecular flexibility index (Phi) is 7.32. The number of hydrogen-bond donors (Lipinski definition) is 1. The maximum atomic E-state index is 13.3. The predicted molar refractivity (Wildman–Crippen MR) is 127 cm³/mol. The number of thioether (sulfide) groups is 1. The summed E-state index contributed by atoms with van der Waals surface area (Å²) in [6.07, 6.45) is 3.04. The average Bonchev–Trinajstić information content (AvgIpc) is 2.75. The van der Waals surface area contributed by atoms with E-state index in [2.05, 4.69) is 5.32 Å². The largest absolute Gasteiger partial charge is 0.350 e. The Morgan fingerprint density at radius 3 is 2.25 bits per heavy atom. The molecule has 3 rings (SSSR count). The quantitative estimate of drug-likeness (QED) is 0.622. The molecule has 7 nitrogen and oxygen atoms in total. The third-order valence-corrected chi connectivity index (χ3v) is 7.66. The fourth-order valence-electron chi connectivity index (χ4n) is 3.68. The number of carbonyl (C=O) groups is 2. The molecule has 0 radical (unpaired) electrons. The number of nitrogens with one attached hydrogen (secondary N) is 1. The lowest BCUT2D eigenvalue weighted by molar-refractivity contribution is -0.153. The van der Waals surface area contributed by atoms with Crippen LogP contribution < -0.4 is 5.32 Å². The SMILES string of the molecule is CSc1ccc(CN2C(=O)CN(S(C)(=O)=O)C[C@@]2(C)C(=O)NCc2ccc(C)cc2)cc1. The molecule has 32 heavy (non-hydrogen) atoms. The zero-order valence-corrected chi connectivity index (χ0v) is 20.4. The average molecular weight is 476 g/mol. The number of hydrogen-bond acceptors (Lipinski definition) is 5. The highest BCUT2D eigenvalue weighted by Crippen LogP contribution is 2.27. The summed E-state index contributed by atoms with van der Waals surface area (Å²) in [6.45, 7) is 3.75. The van der Waals surface area contributed by atoms with Crippen LogP contribution in [0.5, 0.6) is 0 Å². The standard InChI is InChI=1S/C23H29N3O4S2/c1-17-5-7-18(8-6-17)13-24-22(28)23(2)16-25(32(4,29)30)15-21(27)26(23)14-19-9-11-20(31-3)12-10-19/h5-12H,13-16H2,1-4H3,(H,24,28)/t23-/m0/s1. The molecule has 1 atom stereocenters. The molecule has 1 fully saturated rings. The second-order valence-corrected chi connectivity index (χ2v) is 11.2. The van der Waals surface area contributed by atoms with Gasteiger partial charge in [-0.25, -0.2) is 8.42 Å².